The van der Waals surface area contributed by atoms with Crippen molar-refractivity contribution in [2.45, 2.75) is 0 Å². The van der Waals surface area contributed by atoms with E-state index in [1.54, 1.807) is 49.6 Å². The monoisotopic (exact) mass is 374 g/mol. The molecular formula is C19H22N2O6. The predicted molar refractivity (Wildman–Crippen MR) is 99.8 cm³/mol. The topological polar surface area (TPSA) is 95.1 Å². The number of amides is 2. The zero-order valence-electron chi connectivity index (χ0n) is 15.4. The van der Waals surface area contributed by atoms with Gasteiger partial charge in [0.15, 0.2) is 11.5 Å². The molecule has 8 heteroatoms. The summed E-state index contributed by atoms with van der Waals surface area (Å²) in [6.45, 7) is 0.461. The summed E-state index contributed by atoms with van der Waals surface area (Å²) < 4.78 is 20.8. The van der Waals surface area contributed by atoms with Crippen molar-refractivity contribution in [3.05, 3.63) is 48.0 Å². The minimum absolute atomic E-state index is 0.218. The van der Waals surface area contributed by atoms with E-state index >= 15 is 0 Å². The molecule has 8 nitrogen and oxygen atoms in total. The van der Waals surface area contributed by atoms with Crippen molar-refractivity contribution < 1.29 is 28.5 Å². The van der Waals surface area contributed by atoms with Crippen LogP contribution in [0, 0.1) is 0 Å². The number of carbonyl (C=O) groups excluding carboxylic acids is 2. The highest BCUT2D eigenvalue weighted by molar-refractivity contribution is 6.00. The van der Waals surface area contributed by atoms with Gasteiger partial charge in [-0.25, -0.2) is 9.59 Å². The fourth-order valence-electron chi connectivity index (χ4n) is 2.34. The van der Waals surface area contributed by atoms with Crippen molar-refractivity contribution in [3.63, 3.8) is 0 Å². The molecule has 0 aliphatic heterocycles. The van der Waals surface area contributed by atoms with Gasteiger partial charge in [0.25, 0.3) is 0 Å². The van der Waals surface area contributed by atoms with Gasteiger partial charge < -0.3 is 29.6 Å². The summed E-state index contributed by atoms with van der Waals surface area (Å²) in [6.07, 6.45) is 0. The standard InChI is InChI=1S/C19H22N2O6/c1-24-15-9-6-10-16(17(15)25-2)27-12-11-20-19(23)21-14-8-5-4-7-13(14)18(22)26-3/h4-10H,11-12H2,1-3H3,(H2,20,21,23). The Morgan fingerprint density at radius 3 is 2.37 bits per heavy atom. The van der Waals surface area contributed by atoms with Crippen LogP contribution in [0.15, 0.2) is 42.5 Å². The summed E-state index contributed by atoms with van der Waals surface area (Å²) in [7, 11) is 4.35. The SMILES string of the molecule is COC(=O)c1ccccc1NC(=O)NCCOc1cccc(OC)c1OC. The lowest BCUT2D eigenvalue weighted by molar-refractivity contribution is 0.0602. The highest BCUT2D eigenvalue weighted by Gasteiger charge is 2.13. The van der Waals surface area contributed by atoms with Gasteiger partial charge in [-0.15, -0.1) is 0 Å². The number of rotatable bonds is 8. The van der Waals surface area contributed by atoms with Crippen LogP contribution in [-0.4, -0.2) is 46.5 Å². The molecule has 0 atom stereocenters. The second-order valence-corrected chi connectivity index (χ2v) is 5.26. The van der Waals surface area contributed by atoms with E-state index in [4.69, 9.17) is 18.9 Å². The van der Waals surface area contributed by atoms with E-state index in [9.17, 15) is 9.59 Å². The molecule has 0 unspecified atom stereocenters. The number of para-hydroxylation sites is 2. The highest BCUT2D eigenvalue weighted by atomic mass is 16.5. The quantitative estimate of drug-likeness (QED) is 0.545. The van der Waals surface area contributed by atoms with Crippen molar-refractivity contribution in [3.8, 4) is 17.2 Å². The van der Waals surface area contributed by atoms with Crippen molar-refractivity contribution in [1.29, 1.82) is 0 Å². The average molecular weight is 374 g/mol. The molecule has 0 heterocycles. The van der Waals surface area contributed by atoms with Gasteiger partial charge in [0.1, 0.15) is 6.61 Å². The molecule has 27 heavy (non-hydrogen) atoms. The van der Waals surface area contributed by atoms with Gasteiger partial charge in [-0.1, -0.05) is 18.2 Å². The van der Waals surface area contributed by atoms with Crippen LogP contribution in [-0.2, 0) is 4.74 Å². The molecule has 0 saturated carbocycles. The van der Waals surface area contributed by atoms with Crippen molar-refractivity contribution >= 4 is 17.7 Å². The third kappa shape index (κ3) is 5.27. The fourth-order valence-corrected chi connectivity index (χ4v) is 2.34. The molecule has 0 spiro atoms. The van der Waals surface area contributed by atoms with Crippen molar-refractivity contribution in [2.24, 2.45) is 0 Å². The Bertz CT molecular complexity index is 794. The third-order valence-corrected chi connectivity index (χ3v) is 3.59. The number of carbonyl (C=O) groups is 2. The second kappa shape index (κ2) is 9.91. The number of nitrogens with one attached hydrogen (secondary N) is 2. The Labute approximate surface area is 157 Å². The lowest BCUT2D eigenvalue weighted by atomic mass is 10.2. The first-order chi connectivity index (χ1) is 13.1. The first-order valence-corrected chi connectivity index (χ1v) is 8.16. The maximum absolute atomic E-state index is 12.0. The molecule has 2 aromatic carbocycles. The molecule has 2 rings (SSSR count). The van der Waals surface area contributed by atoms with E-state index in [-0.39, 0.29) is 18.7 Å². The number of urea groups is 1. The molecule has 0 aliphatic carbocycles. The van der Waals surface area contributed by atoms with Gasteiger partial charge in [-0.3, -0.25) is 0 Å². The lowest BCUT2D eigenvalue weighted by Crippen LogP contribution is -2.32. The normalized spacial score (nSPS) is 9.89. The molecule has 144 valence electrons. The van der Waals surface area contributed by atoms with E-state index in [1.165, 1.54) is 14.2 Å². The van der Waals surface area contributed by atoms with Crippen LogP contribution >= 0.6 is 0 Å². The number of hydrogen-bond donors (Lipinski definition) is 2. The summed E-state index contributed by atoms with van der Waals surface area (Å²) in [4.78, 5) is 23.7. The van der Waals surface area contributed by atoms with Crippen molar-refractivity contribution in [2.75, 3.05) is 39.8 Å². The third-order valence-electron chi connectivity index (χ3n) is 3.59. The Hall–Kier alpha value is -3.42. The zero-order valence-corrected chi connectivity index (χ0v) is 15.4. The van der Waals surface area contributed by atoms with Gasteiger partial charge >= 0.3 is 12.0 Å². The molecular weight excluding hydrogens is 352 g/mol. The fraction of sp³-hybridized carbons (Fsp3) is 0.263. The molecule has 0 radical (unpaired) electrons. The first kappa shape index (κ1) is 19.9. The second-order valence-electron chi connectivity index (χ2n) is 5.26. The lowest BCUT2D eigenvalue weighted by Gasteiger charge is -2.14. The maximum atomic E-state index is 12.0. The summed E-state index contributed by atoms with van der Waals surface area (Å²) in [5.41, 5.74) is 0.629. The largest absolute Gasteiger partial charge is 0.493 e. The maximum Gasteiger partial charge on any atom is 0.339 e. The van der Waals surface area contributed by atoms with E-state index in [1.807, 2.05) is 0 Å². The summed E-state index contributed by atoms with van der Waals surface area (Å²) in [5, 5.41) is 5.27. The molecule has 2 N–H and O–H groups in total. The Kier molecular flexibility index (Phi) is 7.30. The van der Waals surface area contributed by atoms with Crippen LogP contribution < -0.4 is 24.8 Å². The number of benzene rings is 2. The molecule has 0 bridgehead atoms. The summed E-state index contributed by atoms with van der Waals surface area (Å²) >= 11 is 0. The zero-order chi connectivity index (χ0) is 19.6. The van der Waals surface area contributed by atoms with E-state index in [2.05, 4.69) is 10.6 Å². The average Bonchev–Trinajstić information content (AvgIpc) is 2.70. The minimum atomic E-state index is -0.528. The highest BCUT2D eigenvalue weighted by Crippen LogP contribution is 2.36. The summed E-state index contributed by atoms with van der Waals surface area (Å²) in [6, 6.07) is 11.4. The molecule has 0 fully saturated rings. The van der Waals surface area contributed by atoms with Crippen LogP contribution in [0.25, 0.3) is 0 Å². The Morgan fingerprint density at radius 2 is 1.67 bits per heavy atom. The van der Waals surface area contributed by atoms with Gasteiger partial charge in [-0.2, -0.15) is 0 Å². The molecule has 0 saturated heterocycles. The number of methoxy groups -OCH3 is 3. The predicted octanol–water partition coefficient (Wildman–Crippen LogP) is 2.69. The van der Waals surface area contributed by atoms with Gasteiger partial charge in [0.05, 0.1) is 39.1 Å². The number of hydrogen-bond acceptors (Lipinski definition) is 6. The Morgan fingerprint density at radius 1 is 0.926 bits per heavy atom. The van der Waals surface area contributed by atoms with Crippen LogP contribution in [0.4, 0.5) is 10.5 Å². The molecule has 2 amide bonds. The van der Waals surface area contributed by atoms with E-state index in [0.717, 1.165) is 0 Å². The summed E-state index contributed by atoms with van der Waals surface area (Å²) in [5.74, 6) is 1.02. The molecule has 2 aromatic rings. The Balaban J connectivity index is 1.87. The van der Waals surface area contributed by atoms with Crippen LogP contribution in [0.5, 0.6) is 17.2 Å². The van der Waals surface area contributed by atoms with Gasteiger partial charge in [-0.05, 0) is 24.3 Å². The first-order valence-electron chi connectivity index (χ1n) is 8.16. The van der Waals surface area contributed by atoms with E-state index < -0.39 is 12.0 Å². The van der Waals surface area contributed by atoms with E-state index in [0.29, 0.717) is 22.9 Å². The van der Waals surface area contributed by atoms with Crippen LogP contribution in [0.3, 0.4) is 0 Å². The van der Waals surface area contributed by atoms with Gasteiger partial charge in [0, 0.05) is 0 Å². The van der Waals surface area contributed by atoms with Crippen molar-refractivity contribution in [1.82, 2.24) is 5.32 Å². The smallest absolute Gasteiger partial charge is 0.339 e. The minimum Gasteiger partial charge on any atom is -0.493 e. The number of anilines is 1. The molecule has 0 aliphatic rings. The number of esters is 1. The van der Waals surface area contributed by atoms with Crippen LogP contribution in [0.2, 0.25) is 0 Å². The molecule has 0 aromatic heterocycles. The number of ether oxygens (including phenoxy) is 4. The van der Waals surface area contributed by atoms with Gasteiger partial charge in [0.2, 0.25) is 5.75 Å². The van der Waals surface area contributed by atoms with Crippen LogP contribution in [0.1, 0.15) is 10.4 Å².